The summed E-state index contributed by atoms with van der Waals surface area (Å²) in [5.41, 5.74) is 1.10. The van der Waals surface area contributed by atoms with Gasteiger partial charge in [-0.05, 0) is 32.0 Å². The lowest BCUT2D eigenvalue weighted by atomic mass is 10.1. The molecule has 0 radical (unpaired) electrons. The van der Waals surface area contributed by atoms with E-state index in [0.29, 0.717) is 30.2 Å². The summed E-state index contributed by atoms with van der Waals surface area (Å²) in [7, 11) is 0. The lowest BCUT2D eigenvalue weighted by Crippen LogP contribution is -2.34. The van der Waals surface area contributed by atoms with E-state index in [4.69, 9.17) is 4.74 Å². The summed E-state index contributed by atoms with van der Waals surface area (Å²) in [4.78, 5) is 37.3. The van der Waals surface area contributed by atoms with E-state index in [1.54, 1.807) is 30.0 Å². The van der Waals surface area contributed by atoms with E-state index >= 15 is 0 Å². The zero-order valence-electron chi connectivity index (χ0n) is 13.1. The Morgan fingerprint density at radius 3 is 2.91 bits per heavy atom. The van der Waals surface area contributed by atoms with Crippen molar-refractivity contribution < 1.29 is 19.1 Å². The maximum Gasteiger partial charge on any atom is 0.265 e. The third kappa shape index (κ3) is 2.99. The molecule has 0 aromatic heterocycles. The molecule has 3 amide bonds. The highest BCUT2D eigenvalue weighted by Gasteiger charge is 2.33. The van der Waals surface area contributed by atoms with Crippen molar-refractivity contribution in [1.82, 2.24) is 4.90 Å². The topological polar surface area (TPSA) is 87.7 Å². The molecule has 2 aliphatic rings. The van der Waals surface area contributed by atoms with Crippen LogP contribution in [-0.4, -0.2) is 41.8 Å². The predicted octanol–water partition coefficient (Wildman–Crippen LogP) is 1.21. The first kappa shape index (κ1) is 15.3. The van der Waals surface area contributed by atoms with E-state index in [1.807, 2.05) is 6.92 Å². The van der Waals surface area contributed by atoms with Crippen LogP contribution in [0.4, 0.5) is 11.4 Å². The SMILES string of the molecule is CCN1C[C@@H](C(=O)Nc2ccc3c(c2)NC(=O)[C@@H](C)O3)CC1=O. The normalized spacial score (nSPS) is 23.1. The van der Waals surface area contributed by atoms with E-state index in [1.165, 1.54) is 0 Å². The third-order valence-electron chi connectivity index (χ3n) is 4.14. The van der Waals surface area contributed by atoms with Crippen LogP contribution in [0.15, 0.2) is 18.2 Å². The maximum atomic E-state index is 12.3. The Kier molecular flexibility index (Phi) is 3.94. The van der Waals surface area contributed by atoms with Crippen LogP contribution in [0.2, 0.25) is 0 Å². The molecule has 2 aliphatic heterocycles. The molecule has 1 saturated heterocycles. The average molecular weight is 317 g/mol. The summed E-state index contributed by atoms with van der Waals surface area (Å²) in [6.07, 6.45) is -0.297. The second-order valence-electron chi connectivity index (χ2n) is 5.78. The molecule has 2 N–H and O–H groups in total. The van der Waals surface area contributed by atoms with Gasteiger partial charge in [-0.25, -0.2) is 0 Å². The van der Waals surface area contributed by atoms with Crippen LogP contribution in [0.3, 0.4) is 0 Å². The number of hydrogen-bond acceptors (Lipinski definition) is 4. The standard InChI is InChI=1S/C16H19N3O4/c1-3-19-8-10(6-14(19)20)16(22)17-11-4-5-13-12(7-11)18-15(21)9(2)23-13/h4-5,7,9-10H,3,6,8H2,1-2H3,(H,17,22)(H,18,21)/t9-,10+/m1/s1. The first-order valence-electron chi connectivity index (χ1n) is 7.68. The molecule has 7 heteroatoms. The number of rotatable bonds is 3. The quantitative estimate of drug-likeness (QED) is 0.877. The van der Waals surface area contributed by atoms with Crippen LogP contribution < -0.4 is 15.4 Å². The fourth-order valence-electron chi connectivity index (χ4n) is 2.78. The molecule has 2 heterocycles. The Labute approximate surface area is 134 Å². The zero-order valence-corrected chi connectivity index (χ0v) is 13.1. The first-order valence-corrected chi connectivity index (χ1v) is 7.68. The molecule has 122 valence electrons. The van der Waals surface area contributed by atoms with Gasteiger partial charge in [-0.1, -0.05) is 0 Å². The number of carbonyl (C=O) groups is 3. The molecule has 1 fully saturated rings. The number of nitrogens with one attached hydrogen (secondary N) is 2. The largest absolute Gasteiger partial charge is 0.479 e. The molecule has 0 saturated carbocycles. The maximum absolute atomic E-state index is 12.3. The van der Waals surface area contributed by atoms with Crippen molar-refractivity contribution in [2.75, 3.05) is 23.7 Å². The zero-order chi connectivity index (χ0) is 16.6. The molecule has 1 aromatic carbocycles. The number of ether oxygens (including phenoxy) is 1. The summed E-state index contributed by atoms with van der Waals surface area (Å²) in [6.45, 7) is 4.63. The molecule has 23 heavy (non-hydrogen) atoms. The minimum absolute atomic E-state index is 0.00717. The van der Waals surface area contributed by atoms with Crippen molar-refractivity contribution >= 4 is 29.1 Å². The van der Waals surface area contributed by atoms with E-state index < -0.39 is 6.10 Å². The second-order valence-corrected chi connectivity index (χ2v) is 5.78. The van der Waals surface area contributed by atoms with Crippen LogP contribution in [0.25, 0.3) is 0 Å². The number of anilines is 2. The first-order chi connectivity index (χ1) is 11.0. The molecule has 0 aliphatic carbocycles. The van der Waals surface area contributed by atoms with Gasteiger partial charge < -0.3 is 20.3 Å². The van der Waals surface area contributed by atoms with Crippen LogP contribution in [0, 0.1) is 5.92 Å². The van der Waals surface area contributed by atoms with Gasteiger partial charge in [0.05, 0.1) is 11.6 Å². The van der Waals surface area contributed by atoms with E-state index in [-0.39, 0.29) is 30.1 Å². The molecule has 0 bridgehead atoms. The van der Waals surface area contributed by atoms with Gasteiger partial charge in [0, 0.05) is 25.2 Å². The van der Waals surface area contributed by atoms with Gasteiger partial charge in [0.25, 0.3) is 5.91 Å². The number of likely N-dealkylation sites (tertiary alicyclic amines) is 1. The van der Waals surface area contributed by atoms with Crippen molar-refractivity contribution in [3.05, 3.63) is 18.2 Å². The minimum atomic E-state index is -0.535. The summed E-state index contributed by atoms with van der Waals surface area (Å²) < 4.78 is 5.47. The van der Waals surface area contributed by atoms with Crippen molar-refractivity contribution in [1.29, 1.82) is 0 Å². The summed E-state index contributed by atoms with van der Waals surface area (Å²) in [5, 5.41) is 5.54. The van der Waals surface area contributed by atoms with Gasteiger partial charge in [-0.15, -0.1) is 0 Å². The van der Waals surface area contributed by atoms with Gasteiger partial charge in [-0.3, -0.25) is 14.4 Å². The Bertz CT molecular complexity index is 673. The number of carbonyl (C=O) groups excluding carboxylic acids is 3. The number of nitrogens with zero attached hydrogens (tertiary/aromatic N) is 1. The van der Waals surface area contributed by atoms with Crippen LogP contribution in [0.1, 0.15) is 20.3 Å². The summed E-state index contributed by atoms with van der Waals surface area (Å²) in [5.74, 6) is -0.174. The van der Waals surface area contributed by atoms with Crippen molar-refractivity contribution in [2.45, 2.75) is 26.4 Å². The van der Waals surface area contributed by atoms with Crippen LogP contribution >= 0.6 is 0 Å². The molecule has 0 spiro atoms. The Hall–Kier alpha value is -2.57. The van der Waals surface area contributed by atoms with E-state index in [2.05, 4.69) is 10.6 Å². The highest BCUT2D eigenvalue weighted by Crippen LogP contribution is 2.32. The van der Waals surface area contributed by atoms with Gasteiger partial charge in [0.15, 0.2) is 6.10 Å². The smallest absolute Gasteiger partial charge is 0.265 e. The van der Waals surface area contributed by atoms with E-state index in [0.717, 1.165) is 0 Å². The predicted molar refractivity (Wildman–Crippen MR) is 84.2 cm³/mol. The summed E-state index contributed by atoms with van der Waals surface area (Å²) in [6, 6.07) is 5.08. The van der Waals surface area contributed by atoms with Crippen molar-refractivity contribution in [2.24, 2.45) is 5.92 Å². The van der Waals surface area contributed by atoms with Gasteiger partial charge in [-0.2, -0.15) is 0 Å². The summed E-state index contributed by atoms with van der Waals surface area (Å²) >= 11 is 0. The number of amides is 3. The van der Waals surface area contributed by atoms with Crippen molar-refractivity contribution in [3.8, 4) is 5.75 Å². The lowest BCUT2D eigenvalue weighted by molar-refractivity contribution is -0.128. The molecule has 7 nitrogen and oxygen atoms in total. The second kappa shape index (κ2) is 5.91. The molecule has 3 rings (SSSR count). The van der Waals surface area contributed by atoms with Gasteiger partial charge in [0.2, 0.25) is 11.8 Å². The Morgan fingerprint density at radius 1 is 1.43 bits per heavy atom. The van der Waals surface area contributed by atoms with Crippen LogP contribution in [-0.2, 0) is 14.4 Å². The highest BCUT2D eigenvalue weighted by molar-refractivity contribution is 6.00. The molecular weight excluding hydrogens is 298 g/mol. The van der Waals surface area contributed by atoms with Crippen LogP contribution in [0.5, 0.6) is 5.75 Å². The molecule has 1 aromatic rings. The highest BCUT2D eigenvalue weighted by atomic mass is 16.5. The number of fused-ring (bicyclic) bond motifs is 1. The van der Waals surface area contributed by atoms with Gasteiger partial charge in [0.1, 0.15) is 5.75 Å². The lowest BCUT2D eigenvalue weighted by Gasteiger charge is -2.23. The number of hydrogen-bond donors (Lipinski definition) is 2. The average Bonchev–Trinajstić information content (AvgIpc) is 2.90. The fourth-order valence-corrected chi connectivity index (χ4v) is 2.78. The third-order valence-corrected chi connectivity index (χ3v) is 4.14. The fraction of sp³-hybridized carbons (Fsp3) is 0.438. The Morgan fingerprint density at radius 2 is 2.22 bits per heavy atom. The van der Waals surface area contributed by atoms with Gasteiger partial charge >= 0.3 is 0 Å². The molecule has 2 atom stereocenters. The molecular formula is C16H19N3O4. The Balaban J connectivity index is 1.69. The minimum Gasteiger partial charge on any atom is -0.479 e. The van der Waals surface area contributed by atoms with E-state index in [9.17, 15) is 14.4 Å². The van der Waals surface area contributed by atoms with Crippen molar-refractivity contribution in [3.63, 3.8) is 0 Å². The monoisotopic (exact) mass is 317 g/mol. The number of benzene rings is 1. The molecule has 0 unspecified atom stereocenters.